The second-order valence-electron chi connectivity index (χ2n) is 5.72. The summed E-state index contributed by atoms with van der Waals surface area (Å²) in [6, 6.07) is 5.83. The first-order chi connectivity index (χ1) is 12.7. The van der Waals surface area contributed by atoms with Crippen LogP contribution in [0.4, 0.5) is 26.0 Å². The Morgan fingerprint density at radius 3 is 2.56 bits per heavy atom. The molecule has 2 aromatic carbocycles. The van der Waals surface area contributed by atoms with Crippen molar-refractivity contribution in [1.29, 1.82) is 0 Å². The third-order valence-corrected chi connectivity index (χ3v) is 4.43. The average Bonchev–Trinajstić information content (AvgIpc) is 2.83. The van der Waals surface area contributed by atoms with Crippen LogP contribution in [0.5, 0.6) is 0 Å². The lowest BCUT2D eigenvalue weighted by molar-refractivity contribution is -0.384. The minimum Gasteiger partial charge on any atom is -0.332 e. The van der Waals surface area contributed by atoms with Gasteiger partial charge in [0.25, 0.3) is 5.69 Å². The highest BCUT2D eigenvalue weighted by Crippen LogP contribution is 2.40. The minimum absolute atomic E-state index is 0.104. The Morgan fingerprint density at radius 1 is 1.22 bits per heavy atom. The molecule has 0 aliphatic carbocycles. The van der Waals surface area contributed by atoms with Crippen molar-refractivity contribution in [3.63, 3.8) is 0 Å². The highest BCUT2D eigenvalue weighted by molar-refractivity contribution is 6.33. The molecule has 0 fully saturated rings. The van der Waals surface area contributed by atoms with Crippen LogP contribution in [-0.4, -0.2) is 14.7 Å². The summed E-state index contributed by atoms with van der Waals surface area (Å²) in [7, 11) is 1.58. The topological polar surface area (TPSA) is 73.0 Å². The lowest BCUT2D eigenvalue weighted by Gasteiger charge is -2.12. The van der Waals surface area contributed by atoms with Crippen molar-refractivity contribution in [3.8, 4) is 11.1 Å². The fourth-order valence-corrected chi connectivity index (χ4v) is 3.22. The zero-order valence-electron chi connectivity index (χ0n) is 14.1. The Morgan fingerprint density at radius 2 is 1.93 bits per heavy atom. The summed E-state index contributed by atoms with van der Waals surface area (Å²) in [5.74, 6) is -1.16. The molecule has 0 atom stereocenters. The van der Waals surface area contributed by atoms with Crippen molar-refractivity contribution in [2.24, 2.45) is 7.05 Å². The molecular weight excluding hydrogens is 401 g/mol. The molecule has 1 heterocycles. The zero-order chi connectivity index (χ0) is 19.9. The minimum atomic E-state index is -0.899. The number of halogens is 4. The lowest BCUT2D eigenvalue weighted by Crippen LogP contribution is -2.05. The maximum Gasteiger partial charge on any atom is 0.297 e. The van der Waals surface area contributed by atoms with E-state index in [4.69, 9.17) is 23.2 Å². The van der Waals surface area contributed by atoms with Gasteiger partial charge < -0.3 is 5.32 Å². The maximum absolute atomic E-state index is 14.4. The van der Waals surface area contributed by atoms with Gasteiger partial charge in [-0.25, -0.2) is 8.78 Å². The van der Waals surface area contributed by atoms with Gasteiger partial charge in [0, 0.05) is 24.2 Å². The summed E-state index contributed by atoms with van der Waals surface area (Å²) in [6.07, 6.45) is 0. The number of nitro benzene ring substituents is 1. The number of aromatic nitrogens is 2. The zero-order valence-corrected chi connectivity index (χ0v) is 15.6. The van der Waals surface area contributed by atoms with E-state index in [0.29, 0.717) is 16.8 Å². The predicted molar refractivity (Wildman–Crippen MR) is 99.7 cm³/mol. The van der Waals surface area contributed by atoms with E-state index in [2.05, 4.69) is 10.4 Å². The van der Waals surface area contributed by atoms with Crippen LogP contribution in [0, 0.1) is 28.7 Å². The van der Waals surface area contributed by atoms with E-state index >= 15 is 0 Å². The predicted octanol–water partition coefficient (Wildman–Crippen LogP) is 5.63. The van der Waals surface area contributed by atoms with Gasteiger partial charge in [-0.3, -0.25) is 14.8 Å². The van der Waals surface area contributed by atoms with Gasteiger partial charge in [-0.05, 0) is 31.2 Å². The normalized spacial score (nSPS) is 10.9. The van der Waals surface area contributed by atoms with Crippen molar-refractivity contribution >= 4 is 40.4 Å². The summed E-state index contributed by atoms with van der Waals surface area (Å²) in [6.45, 7) is 1.69. The maximum atomic E-state index is 14.4. The monoisotopic (exact) mass is 412 g/mol. The number of benzene rings is 2. The molecular formula is C17H12Cl2F2N4O2. The van der Waals surface area contributed by atoms with Gasteiger partial charge >= 0.3 is 0 Å². The largest absolute Gasteiger partial charge is 0.332 e. The summed E-state index contributed by atoms with van der Waals surface area (Å²) in [5.41, 5.74) is 0.529. The molecule has 0 spiro atoms. The van der Waals surface area contributed by atoms with Crippen molar-refractivity contribution in [1.82, 2.24) is 9.78 Å². The first kappa shape index (κ1) is 19.1. The van der Waals surface area contributed by atoms with E-state index in [1.807, 2.05) is 0 Å². The van der Waals surface area contributed by atoms with Crippen LogP contribution < -0.4 is 5.32 Å². The molecule has 10 heteroatoms. The standard InChI is InChI=1S/C17H12Cl2F2N4O2/c1-8-15(11-4-3-10(20)7-12(11)19)17(24(2)23-8)22-16-13(21)5-9(18)6-14(16)25(26)27/h3-7,22H,1-2H3. The van der Waals surface area contributed by atoms with E-state index in [0.717, 1.165) is 18.2 Å². The summed E-state index contributed by atoms with van der Waals surface area (Å²) >= 11 is 11.9. The highest BCUT2D eigenvalue weighted by Gasteiger charge is 2.24. The Labute approximate surface area is 162 Å². The first-order valence-corrected chi connectivity index (χ1v) is 8.34. The number of nitrogens with zero attached hydrogens (tertiary/aromatic N) is 3. The molecule has 0 saturated heterocycles. The molecule has 1 N–H and O–H groups in total. The van der Waals surface area contributed by atoms with Crippen LogP contribution in [0.2, 0.25) is 10.0 Å². The van der Waals surface area contributed by atoms with Gasteiger partial charge in [0.05, 0.1) is 20.7 Å². The molecule has 6 nitrogen and oxygen atoms in total. The number of hydrogen-bond acceptors (Lipinski definition) is 4. The molecule has 0 saturated carbocycles. The van der Waals surface area contributed by atoms with Crippen molar-refractivity contribution in [2.75, 3.05) is 5.32 Å². The van der Waals surface area contributed by atoms with E-state index in [1.54, 1.807) is 14.0 Å². The second kappa shape index (κ2) is 7.13. The third kappa shape index (κ3) is 3.58. The smallest absolute Gasteiger partial charge is 0.297 e. The van der Waals surface area contributed by atoms with Gasteiger partial charge in [0.15, 0.2) is 11.5 Å². The molecule has 0 aliphatic rings. The molecule has 0 unspecified atom stereocenters. The van der Waals surface area contributed by atoms with Gasteiger partial charge in [0.1, 0.15) is 11.6 Å². The Kier molecular flexibility index (Phi) is 5.03. The molecule has 0 radical (unpaired) electrons. The second-order valence-corrected chi connectivity index (χ2v) is 6.56. The van der Waals surface area contributed by atoms with Crippen LogP contribution in [-0.2, 0) is 7.05 Å². The van der Waals surface area contributed by atoms with Crippen molar-refractivity contribution in [3.05, 3.63) is 67.8 Å². The van der Waals surface area contributed by atoms with Gasteiger partial charge in [-0.15, -0.1) is 0 Å². The molecule has 3 rings (SSSR count). The van der Waals surface area contributed by atoms with Gasteiger partial charge in [-0.1, -0.05) is 23.2 Å². The quantitative estimate of drug-likeness (QED) is 0.444. The molecule has 3 aromatic rings. The first-order valence-electron chi connectivity index (χ1n) is 7.58. The Hall–Kier alpha value is -2.71. The summed E-state index contributed by atoms with van der Waals surface area (Å²) in [5, 5.41) is 18.3. The average molecular weight is 413 g/mol. The fraction of sp³-hybridized carbons (Fsp3) is 0.118. The van der Waals surface area contributed by atoms with E-state index in [9.17, 15) is 18.9 Å². The van der Waals surface area contributed by atoms with E-state index < -0.39 is 22.2 Å². The van der Waals surface area contributed by atoms with Crippen LogP contribution >= 0.6 is 23.2 Å². The summed E-state index contributed by atoms with van der Waals surface area (Å²) in [4.78, 5) is 10.6. The molecule has 0 aliphatic heterocycles. The molecule has 1 aromatic heterocycles. The Balaban J connectivity index is 2.20. The fourth-order valence-electron chi connectivity index (χ4n) is 2.76. The lowest BCUT2D eigenvalue weighted by atomic mass is 10.1. The van der Waals surface area contributed by atoms with Crippen molar-refractivity contribution in [2.45, 2.75) is 6.92 Å². The van der Waals surface area contributed by atoms with Gasteiger partial charge in [-0.2, -0.15) is 5.10 Å². The number of hydrogen-bond donors (Lipinski definition) is 1. The van der Waals surface area contributed by atoms with E-state index in [-0.39, 0.29) is 21.6 Å². The van der Waals surface area contributed by atoms with Crippen LogP contribution in [0.3, 0.4) is 0 Å². The Bertz CT molecular complexity index is 1070. The van der Waals surface area contributed by atoms with E-state index in [1.165, 1.54) is 16.8 Å². The molecule has 0 bridgehead atoms. The SMILES string of the molecule is Cc1nn(C)c(Nc2c(F)cc(Cl)cc2[N+](=O)[O-])c1-c1ccc(F)cc1Cl. The number of aryl methyl sites for hydroxylation is 2. The highest BCUT2D eigenvalue weighted by atomic mass is 35.5. The number of nitrogens with one attached hydrogen (secondary N) is 1. The van der Waals surface area contributed by atoms with Crippen LogP contribution in [0.25, 0.3) is 11.1 Å². The number of rotatable bonds is 4. The van der Waals surface area contributed by atoms with Crippen molar-refractivity contribution < 1.29 is 13.7 Å². The molecule has 0 amide bonds. The molecule has 140 valence electrons. The third-order valence-electron chi connectivity index (χ3n) is 3.90. The van der Waals surface area contributed by atoms with Gasteiger partial charge in [0.2, 0.25) is 0 Å². The summed E-state index contributed by atoms with van der Waals surface area (Å²) < 4.78 is 29.2. The van der Waals surface area contributed by atoms with Crippen LogP contribution in [0.1, 0.15) is 5.69 Å². The number of nitro groups is 1. The molecule has 27 heavy (non-hydrogen) atoms. The number of anilines is 2. The van der Waals surface area contributed by atoms with Crippen LogP contribution in [0.15, 0.2) is 30.3 Å².